The van der Waals surface area contributed by atoms with Crippen LogP contribution in [-0.4, -0.2) is 73.9 Å². The van der Waals surface area contributed by atoms with Gasteiger partial charge in [0.1, 0.15) is 0 Å². The fraction of sp³-hybridized carbons (Fsp3) is 0.500. The summed E-state index contributed by atoms with van der Waals surface area (Å²) in [7, 11) is 0. The predicted molar refractivity (Wildman–Crippen MR) is 60.4 cm³/mol. The van der Waals surface area contributed by atoms with E-state index in [4.69, 9.17) is 39.6 Å². The fourth-order valence-electron chi connectivity index (χ4n) is 0. The quantitative estimate of drug-likeness (QED) is 0.436. The summed E-state index contributed by atoms with van der Waals surface area (Å²) in [5.41, 5.74) is 0. The number of carboxylic acids is 4. The summed E-state index contributed by atoms with van der Waals surface area (Å²) >= 11 is 0. The first-order valence-electron chi connectivity index (χ1n) is 3.71. The Morgan fingerprint density at radius 2 is 0.529 bits per heavy atom. The zero-order valence-corrected chi connectivity index (χ0v) is 9.42. The van der Waals surface area contributed by atoms with E-state index in [2.05, 4.69) is 0 Å². The molecule has 0 spiro atoms. The van der Waals surface area contributed by atoms with E-state index in [0.29, 0.717) is 0 Å². The SMILES string of the molecule is CC(=O)O.CC(=O)O.CC(=O)O.CC(=O)O.[NaH]. The number of hydrogen-bond donors (Lipinski definition) is 4. The van der Waals surface area contributed by atoms with Crippen LogP contribution in [0.15, 0.2) is 0 Å². The van der Waals surface area contributed by atoms with Crippen molar-refractivity contribution in [2.24, 2.45) is 0 Å². The molecule has 98 valence electrons. The molecule has 0 saturated carbocycles. The molecule has 8 nitrogen and oxygen atoms in total. The van der Waals surface area contributed by atoms with Crippen molar-refractivity contribution in [2.75, 3.05) is 0 Å². The van der Waals surface area contributed by atoms with E-state index >= 15 is 0 Å². The van der Waals surface area contributed by atoms with Crippen LogP contribution in [0.3, 0.4) is 0 Å². The Kier molecular flexibility index (Phi) is 42.3. The van der Waals surface area contributed by atoms with Gasteiger partial charge in [-0.3, -0.25) is 19.2 Å². The van der Waals surface area contributed by atoms with Crippen LogP contribution in [0.1, 0.15) is 27.7 Å². The summed E-state index contributed by atoms with van der Waals surface area (Å²) in [6, 6.07) is 0. The van der Waals surface area contributed by atoms with Gasteiger partial charge in [-0.05, 0) is 0 Å². The van der Waals surface area contributed by atoms with Crippen LogP contribution >= 0.6 is 0 Å². The van der Waals surface area contributed by atoms with Crippen molar-refractivity contribution in [3.8, 4) is 0 Å². The standard InChI is InChI=1S/4C2H4O2.Na.H/c4*1-2(3)4;;/h4*1H3,(H,3,4);;. The van der Waals surface area contributed by atoms with Gasteiger partial charge in [-0.25, -0.2) is 0 Å². The van der Waals surface area contributed by atoms with Crippen LogP contribution in [0.5, 0.6) is 0 Å². The van der Waals surface area contributed by atoms with Crippen LogP contribution in [0.25, 0.3) is 0 Å². The molecule has 4 N–H and O–H groups in total. The van der Waals surface area contributed by atoms with Crippen molar-refractivity contribution in [1.29, 1.82) is 0 Å². The number of carbonyl (C=O) groups is 4. The summed E-state index contributed by atoms with van der Waals surface area (Å²) in [5, 5.41) is 29.7. The van der Waals surface area contributed by atoms with Crippen molar-refractivity contribution in [3.63, 3.8) is 0 Å². The molecular weight excluding hydrogens is 247 g/mol. The molecule has 0 saturated heterocycles. The summed E-state index contributed by atoms with van der Waals surface area (Å²) in [6.45, 7) is 4.33. The zero-order chi connectivity index (χ0) is 14.3. The summed E-state index contributed by atoms with van der Waals surface area (Å²) in [5.74, 6) is -3.33. The van der Waals surface area contributed by atoms with Crippen LogP contribution in [-0.2, 0) is 19.2 Å². The second-order valence-corrected chi connectivity index (χ2v) is 2.08. The molecule has 0 amide bonds. The van der Waals surface area contributed by atoms with Crippen molar-refractivity contribution >= 4 is 53.4 Å². The second kappa shape index (κ2) is 24.2. The Morgan fingerprint density at radius 1 is 0.529 bits per heavy atom. The summed E-state index contributed by atoms with van der Waals surface area (Å²) in [6.07, 6.45) is 0. The molecule has 0 atom stereocenters. The molecule has 0 aromatic rings. The van der Waals surface area contributed by atoms with Crippen LogP contribution in [0, 0.1) is 0 Å². The number of carboxylic acid groups (broad SMARTS) is 4. The molecule has 0 aliphatic carbocycles. The van der Waals surface area contributed by atoms with Gasteiger partial charge >= 0.3 is 29.6 Å². The predicted octanol–water partition coefficient (Wildman–Crippen LogP) is -0.285. The Bertz CT molecular complexity index is 162. The van der Waals surface area contributed by atoms with Crippen molar-refractivity contribution in [1.82, 2.24) is 0 Å². The first-order chi connectivity index (χ1) is 6.93. The van der Waals surface area contributed by atoms with Gasteiger partial charge in [0, 0.05) is 27.7 Å². The molecule has 0 unspecified atom stereocenters. The molecule has 0 aromatic carbocycles. The van der Waals surface area contributed by atoms with E-state index in [9.17, 15) is 0 Å². The second-order valence-electron chi connectivity index (χ2n) is 2.08. The fourth-order valence-corrected chi connectivity index (χ4v) is 0. The first-order valence-corrected chi connectivity index (χ1v) is 3.71. The molecule has 0 aliphatic rings. The summed E-state index contributed by atoms with van der Waals surface area (Å²) < 4.78 is 0. The average Bonchev–Trinajstić information content (AvgIpc) is 1.76. The van der Waals surface area contributed by atoms with Crippen molar-refractivity contribution in [2.45, 2.75) is 27.7 Å². The number of hydrogen-bond acceptors (Lipinski definition) is 4. The van der Waals surface area contributed by atoms with Crippen LogP contribution < -0.4 is 0 Å². The topological polar surface area (TPSA) is 149 Å². The van der Waals surface area contributed by atoms with E-state index in [0.717, 1.165) is 27.7 Å². The zero-order valence-electron chi connectivity index (χ0n) is 9.42. The van der Waals surface area contributed by atoms with Gasteiger partial charge in [-0.2, -0.15) is 0 Å². The van der Waals surface area contributed by atoms with E-state index in [1.807, 2.05) is 0 Å². The van der Waals surface area contributed by atoms with E-state index in [-0.39, 0.29) is 29.6 Å². The van der Waals surface area contributed by atoms with Gasteiger partial charge < -0.3 is 20.4 Å². The maximum atomic E-state index is 9.00. The Hall–Kier alpha value is -1.12. The van der Waals surface area contributed by atoms with Gasteiger partial charge in [-0.15, -0.1) is 0 Å². The molecule has 0 radical (unpaired) electrons. The van der Waals surface area contributed by atoms with Gasteiger partial charge in [0.05, 0.1) is 0 Å². The monoisotopic (exact) mass is 264 g/mol. The van der Waals surface area contributed by atoms with Crippen molar-refractivity contribution in [3.05, 3.63) is 0 Å². The van der Waals surface area contributed by atoms with Crippen LogP contribution in [0.4, 0.5) is 0 Å². The molecule has 0 rings (SSSR count). The van der Waals surface area contributed by atoms with Gasteiger partial charge in [0.15, 0.2) is 0 Å². The normalized spacial score (nSPS) is 5.88. The molecule has 9 heteroatoms. The summed E-state index contributed by atoms with van der Waals surface area (Å²) in [4.78, 5) is 36.0. The third-order valence-electron chi connectivity index (χ3n) is 0. The minimum absolute atomic E-state index is 0. The third kappa shape index (κ3) is 1970. The number of aliphatic carboxylic acids is 4. The molecule has 0 bridgehead atoms. The Labute approximate surface area is 121 Å². The van der Waals surface area contributed by atoms with Gasteiger partial charge in [-0.1, -0.05) is 0 Å². The van der Waals surface area contributed by atoms with Gasteiger partial charge in [0.2, 0.25) is 0 Å². The van der Waals surface area contributed by atoms with Crippen molar-refractivity contribution < 1.29 is 39.6 Å². The van der Waals surface area contributed by atoms with E-state index in [1.165, 1.54) is 0 Å². The molecule has 0 fully saturated rings. The Morgan fingerprint density at radius 3 is 0.529 bits per heavy atom. The Balaban J connectivity index is -0.0000000369. The van der Waals surface area contributed by atoms with Crippen LogP contribution in [0.2, 0.25) is 0 Å². The third-order valence-corrected chi connectivity index (χ3v) is 0. The maximum absolute atomic E-state index is 9.00. The van der Waals surface area contributed by atoms with E-state index < -0.39 is 23.9 Å². The molecule has 17 heavy (non-hydrogen) atoms. The first kappa shape index (κ1) is 29.7. The molecule has 0 aromatic heterocycles. The molecule has 0 heterocycles. The van der Waals surface area contributed by atoms with Gasteiger partial charge in [0.25, 0.3) is 23.9 Å². The number of rotatable bonds is 0. The molecular formula is C8H17NaO8. The average molecular weight is 264 g/mol. The molecule has 0 aliphatic heterocycles. The minimum atomic E-state index is -0.833. The van der Waals surface area contributed by atoms with E-state index in [1.54, 1.807) is 0 Å².